The van der Waals surface area contributed by atoms with E-state index in [0.29, 0.717) is 0 Å². The lowest BCUT2D eigenvalue weighted by atomic mass is 10.1. The average Bonchev–Trinajstić information content (AvgIpc) is 2.68. The number of hydrogen-bond donors (Lipinski definition) is 2. The Labute approximate surface area is 95.9 Å². The third kappa shape index (κ3) is 2.63. The van der Waals surface area contributed by atoms with Gasteiger partial charge in [-0.15, -0.1) is 0 Å². The Bertz CT molecular complexity index is 452. The van der Waals surface area contributed by atoms with E-state index in [1.807, 2.05) is 12.1 Å². The second kappa shape index (κ2) is 4.00. The number of hydrogen-bond acceptors (Lipinski definition) is 2. The van der Waals surface area contributed by atoms with Gasteiger partial charge in [0.05, 0.1) is 5.69 Å². The van der Waals surface area contributed by atoms with Crippen molar-refractivity contribution in [3.8, 4) is 11.3 Å². The molecule has 0 radical (unpaired) electrons. The number of aromatic nitrogens is 2. The van der Waals surface area contributed by atoms with Crippen molar-refractivity contribution in [2.24, 2.45) is 0 Å². The summed E-state index contributed by atoms with van der Waals surface area (Å²) in [6.45, 7) is 6.45. The highest BCUT2D eigenvalue weighted by Gasteiger charge is 2.09. The average molecular weight is 215 g/mol. The highest BCUT2D eigenvalue weighted by atomic mass is 15.1. The summed E-state index contributed by atoms with van der Waals surface area (Å²) in [5, 5.41) is 10.4. The molecule has 0 aliphatic carbocycles. The first kappa shape index (κ1) is 10.7. The number of aromatic amines is 1. The van der Waals surface area contributed by atoms with Gasteiger partial charge >= 0.3 is 0 Å². The minimum atomic E-state index is 0.0760. The molecule has 0 atom stereocenters. The number of nitrogens with one attached hydrogen (secondary N) is 2. The zero-order valence-electron chi connectivity index (χ0n) is 9.91. The van der Waals surface area contributed by atoms with E-state index < -0.39 is 0 Å². The molecule has 0 fully saturated rings. The molecule has 84 valence electrons. The van der Waals surface area contributed by atoms with E-state index in [-0.39, 0.29) is 5.54 Å². The number of rotatable bonds is 2. The van der Waals surface area contributed by atoms with Gasteiger partial charge in [-0.3, -0.25) is 5.10 Å². The van der Waals surface area contributed by atoms with Crippen molar-refractivity contribution >= 4 is 5.69 Å². The first-order valence-electron chi connectivity index (χ1n) is 5.43. The van der Waals surface area contributed by atoms with Gasteiger partial charge in [-0.25, -0.2) is 0 Å². The second-order valence-electron chi connectivity index (χ2n) is 4.93. The van der Waals surface area contributed by atoms with Gasteiger partial charge in [-0.2, -0.15) is 5.10 Å². The van der Waals surface area contributed by atoms with Gasteiger partial charge in [-0.05, 0) is 39.0 Å². The highest BCUT2D eigenvalue weighted by molar-refractivity contribution is 5.64. The minimum Gasteiger partial charge on any atom is -0.380 e. The second-order valence-corrected chi connectivity index (χ2v) is 4.93. The quantitative estimate of drug-likeness (QED) is 0.807. The maximum atomic E-state index is 3.96. The van der Waals surface area contributed by atoms with Gasteiger partial charge in [0.2, 0.25) is 0 Å². The Morgan fingerprint density at radius 2 is 2.00 bits per heavy atom. The van der Waals surface area contributed by atoms with Crippen LogP contribution in [0.25, 0.3) is 11.3 Å². The van der Waals surface area contributed by atoms with Crippen LogP contribution in [0.5, 0.6) is 0 Å². The summed E-state index contributed by atoms with van der Waals surface area (Å²) in [6, 6.07) is 10.3. The Morgan fingerprint density at radius 3 is 2.62 bits per heavy atom. The van der Waals surface area contributed by atoms with Gasteiger partial charge in [0.15, 0.2) is 0 Å². The summed E-state index contributed by atoms with van der Waals surface area (Å²) >= 11 is 0. The Hall–Kier alpha value is -1.77. The molecule has 3 heteroatoms. The molecule has 2 N–H and O–H groups in total. The number of H-pyrrole nitrogens is 1. The lowest BCUT2D eigenvalue weighted by Crippen LogP contribution is -2.25. The van der Waals surface area contributed by atoms with Crippen molar-refractivity contribution in [1.82, 2.24) is 10.2 Å². The van der Waals surface area contributed by atoms with Crippen molar-refractivity contribution in [2.45, 2.75) is 26.3 Å². The van der Waals surface area contributed by atoms with Gasteiger partial charge in [0, 0.05) is 23.0 Å². The van der Waals surface area contributed by atoms with E-state index in [0.717, 1.165) is 16.9 Å². The molecule has 0 unspecified atom stereocenters. The van der Waals surface area contributed by atoms with Crippen LogP contribution >= 0.6 is 0 Å². The molecule has 16 heavy (non-hydrogen) atoms. The van der Waals surface area contributed by atoms with Crippen molar-refractivity contribution in [3.05, 3.63) is 36.5 Å². The van der Waals surface area contributed by atoms with Gasteiger partial charge in [0.1, 0.15) is 0 Å². The molecular formula is C13H17N3. The number of nitrogens with zero attached hydrogens (tertiary/aromatic N) is 1. The van der Waals surface area contributed by atoms with Crippen LogP contribution < -0.4 is 5.32 Å². The summed E-state index contributed by atoms with van der Waals surface area (Å²) in [6.07, 6.45) is 1.76. The van der Waals surface area contributed by atoms with Gasteiger partial charge in [0.25, 0.3) is 0 Å². The number of benzene rings is 1. The molecule has 0 saturated heterocycles. The number of anilines is 1. The fraction of sp³-hybridized carbons (Fsp3) is 0.308. The molecule has 1 heterocycles. The molecular weight excluding hydrogens is 198 g/mol. The van der Waals surface area contributed by atoms with E-state index in [2.05, 4.69) is 54.5 Å². The maximum Gasteiger partial charge on any atom is 0.0650 e. The zero-order valence-corrected chi connectivity index (χ0v) is 9.91. The van der Waals surface area contributed by atoms with Crippen LogP contribution in [0.1, 0.15) is 20.8 Å². The summed E-state index contributed by atoms with van der Waals surface area (Å²) in [7, 11) is 0. The van der Waals surface area contributed by atoms with E-state index in [4.69, 9.17) is 0 Å². The minimum absolute atomic E-state index is 0.0760. The molecule has 1 aromatic carbocycles. The van der Waals surface area contributed by atoms with Crippen LogP contribution in [0.4, 0.5) is 5.69 Å². The maximum absolute atomic E-state index is 3.96. The van der Waals surface area contributed by atoms with Crippen LogP contribution in [0, 0.1) is 0 Å². The van der Waals surface area contributed by atoms with Crippen LogP contribution in [0.3, 0.4) is 0 Å². The lowest BCUT2D eigenvalue weighted by Gasteiger charge is -2.22. The molecule has 1 aromatic heterocycles. The molecule has 0 bridgehead atoms. The van der Waals surface area contributed by atoms with Crippen molar-refractivity contribution < 1.29 is 0 Å². The van der Waals surface area contributed by atoms with Gasteiger partial charge in [-0.1, -0.05) is 12.1 Å². The first-order valence-corrected chi connectivity index (χ1v) is 5.43. The van der Waals surface area contributed by atoms with Gasteiger partial charge < -0.3 is 5.32 Å². The Balaban J connectivity index is 2.27. The molecule has 0 aliphatic rings. The third-order valence-electron chi connectivity index (χ3n) is 2.19. The summed E-state index contributed by atoms with van der Waals surface area (Å²) in [5.74, 6) is 0. The largest absolute Gasteiger partial charge is 0.380 e. The van der Waals surface area contributed by atoms with E-state index in [1.165, 1.54) is 0 Å². The molecule has 3 nitrogen and oxygen atoms in total. The van der Waals surface area contributed by atoms with Crippen LogP contribution in [-0.4, -0.2) is 15.7 Å². The fourth-order valence-electron chi connectivity index (χ4n) is 1.61. The standard InChI is InChI=1S/C13H17N3/c1-13(2,3)15-11-6-4-5-10(9-11)12-7-8-14-16-12/h4-9,15H,1-3H3,(H,14,16). The predicted octanol–water partition coefficient (Wildman–Crippen LogP) is 3.29. The van der Waals surface area contributed by atoms with E-state index in [1.54, 1.807) is 6.20 Å². The summed E-state index contributed by atoms with van der Waals surface area (Å²) in [4.78, 5) is 0. The first-order chi connectivity index (χ1) is 7.54. The van der Waals surface area contributed by atoms with Crippen LogP contribution in [-0.2, 0) is 0 Å². The van der Waals surface area contributed by atoms with Crippen LogP contribution in [0.2, 0.25) is 0 Å². The molecule has 0 spiro atoms. The third-order valence-corrected chi connectivity index (χ3v) is 2.19. The summed E-state index contributed by atoms with van der Waals surface area (Å²) < 4.78 is 0. The topological polar surface area (TPSA) is 40.7 Å². The smallest absolute Gasteiger partial charge is 0.0650 e. The molecule has 2 aromatic rings. The SMILES string of the molecule is CC(C)(C)Nc1cccc(-c2ccn[nH]2)c1. The molecule has 2 rings (SSSR count). The zero-order chi connectivity index (χ0) is 11.6. The molecule has 0 aliphatic heterocycles. The Morgan fingerprint density at radius 1 is 1.19 bits per heavy atom. The monoisotopic (exact) mass is 215 g/mol. The van der Waals surface area contributed by atoms with E-state index >= 15 is 0 Å². The molecule has 0 saturated carbocycles. The lowest BCUT2D eigenvalue weighted by molar-refractivity contribution is 0.634. The van der Waals surface area contributed by atoms with Crippen molar-refractivity contribution in [2.75, 3.05) is 5.32 Å². The Kier molecular flexibility index (Phi) is 2.69. The fourth-order valence-corrected chi connectivity index (χ4v) is 1.61. The van der Waals surface area contributed by atoms with E-state index in [9.17, 15) is 0 Å². The highest BCUT2D eigenvalue weighted by Crippen LogP contribution is 2.22. The van der Waals surface area contributed by atoms with Crippen molar-refractivity contribution in [1.29, 1.82) is 0 Å². The normalized spacial score (nSPS) is 11.4. The molecule has 0 amide bonds. The predicted molar refractivity (Wildman–Crippen MR) is 67.4 cm³/mol. The van der Waals surface area contributed by atoms with Crippen LogP contribution in [0.15, 0.2) is 36.5 Å². The van der Waals surface area contributed by atoms with Crippen molar-refractivity contribution in [3.63, 3.8) is 0 Å². The summed E-state index contributed by atoms with van der Waals surface area (Å²) in [5.41, 5.74) is 3.39.